The topological polar surface area (TPSA) is 113 Å². The summed E-state index contributed by atoms with van der Waals surface area (Å²) in [6.07, 6.45) is -0.446. The summed E-state index contributed by atoms with van der Waals surface area (Å²) < 4.78 is 32.5. The SMILES string of the molecule is CC(OC(=O)C1CCN(S(=O)(=O)c2ccc(C(C)C)cc2)CC1)C(=O)N1CCNC1=O. The molecule has 3 amide bonds. The Kier molecular flexibility index (Phi) is 7.00. The van der Waals surface area contributed by atoms with Crippen LogP contribution in [0.5, 0.6) is 0 Å². The van der Waals surface area contributed by atoms with Gasteiger partial charge in [-0.05, 0) is 43.4 Å². The van der Waals surface area contributed by atoms with Gasteiger partial charge in [-0.25, -0.2) is 13.2 Å². The molecule has 1 N–H and O–H groups in total. The molecule has 1 atom stereocenters. The number of nitrogens with one attached hydrogen (secondary N) is 1. The average molecular weight is 452 g/mol. The van der Waals surface area contributed by atoms with Gasteiger partial charge in [0.1, 0.15) is 0 Å². The molecule has 170 valence electrons. The van der Waals surface area contributed by atoms with E-state index >= 15 is 0 Å². The summed E-state index contributed by atoms with van der Waals surface area (Å²) in [7, 11) is -3.63. The summed E-state index contributed by atoms with van der Waals surface area (Å²) in [4.78, 5) is 37.6. The molecule has 1 aromatic carbocycles. The molecule has 10 heteroatoms. The predicted octanol–water partition coefficient (Wildman–Crippen LogP) is 1.69. The molecule has 0 radical (unpaired) electrons. The molecule has 9 nitrogen and oxygen atoms in total. The van der Waals surface area contributed by atoms with Crippen molar-refractivity contribution in [2.24, 2.45) is 5.92 Å². The quantitative estimate of drug-likeness (QED) is 0.659. The number of hydrogen-bond donors (Lipinski definition) is 1. The summed E-state index contributed by atoms with van der Waals surface area (Å²) in [6, 6.07) is 6.38. The summed E-state index contributed by atoms with van der Waals surface area (Å²) in [5, 5.41) is 2.53. The van der Waals surface area contributed by atoms with E-state index in [-0.39, 0.29) is 24.5 Å². The molecule has 31 heavy (non-hydrogen) atoms. The van der Waals surface area contributed by atoms with E-state index < -0.39 is 40.0 Å². The Morgan fingerprint density at radius 2 is 1.68 bits per heavy atom. The molecular weight excluding hydrogens is 422 g/mol. The van der Waals surface area contributed by atoms with Gasteiger partial charge in [-0.2, -0.15) is 4.31 Å². The Morgan fingerprint density at radius 1 is 1.06 bits per heavy atom. The lowest BCUT2D eigenvalue weighted by molar-refractivity contribution is -0.162. The number of urea groups is 1. The molecule has 1 unspecified atom stereocenters. The van der Waals surface area contributed by atoms with Gasteiger partial charge in [0.2, 0.25) is 10.0 Å². The van der Waals surface area contributed by atoms with Gasteiger partial charge in [0.15, 0.2) is 6.10 Å². The van der Waals surface area contributed by atoms with Crippen LogP contribution in [0.15, 0.2) is 29.2 Å². The van der Waals surface area contributed by atoms with Crippen LogP contribution in [0, 0.1) is 5.92 Å². The largest absolute Gasteiger partial charge is 0.452 e. The number of imide groups is 1. The van der Waals surface area contributed by atoms with Crippen LogP contribution in [0.4, 0.5) is 4.79 Å². The van der Waals surface area contributed by atoms with Gasteiger partial charge in [-0.3, -0.25) is 14.5 Å². The molecule has 0 saturated carbocycles. The van der Waals surface area contributed by atoms with Crippen molar-refractivity contribution in [3.05, 3.63) is 29.8 Å². The normalized spacial score (nSPS) is 19.4. The zero-order valence-electron chi connectivity index (χ0n) is 18.0. The van der Waals surface area contributed by atoms with Crippen molar-refractivity contribution < 1.29 is 27.5 Å². The Balaban J connectivity index is 1.55. The van der Waals surface area contributed by atoms with E-state index in [9.17, 15) is 22.8 Å². The minimum Gasteiger partial charge on any atom is -0.452 e. The highest BCUT2D eigenvalue weighted by molar-refractivity contribution is 7.89. The number of sulfonamides is 1. The molecule has 2 saturated heterocycles. The van der Waals surface area contributed by atoms with Crippen molar-refractivity contribution >= 4 is 27.9 Å². The van der Waals surface area contributed by atoms with Crippen LogP contribution in [-0.2, 0) is 24.3 Å². The number of nitrogens with zero attached hydrogens (tertiary/aromatic N) is 2. The van der Waals surface area contributed by atoms with E-state index in [1.807, 2.05) is 26.0 Å². The maximum atomic E-state index is 12.9. The molecule has 1 aromatic rings. The van der Waals surface area contributed by atoms with Gasteiger partial charge >= 0.3 is 12.0 Å². The van der Waals surface area contributed by atoms with Crippen molar-refractivity contribution in [3.8, 4) is 0 Å². The molecular formula is C21H29N3O6S. The van der Waals surface area contributed by atoms with Gasteiger partial charge in [0.05, 0.1) is 10.8 Å². The standard InChI is InChI=1S/C21H29N3O6S/c1-14(2)16-4-6-18(7-5-16)31(28,29)23-11-8-17(9-12-23)20(26)30-15(3)19(25)24-13-10-22-21(24)27/h4-7,14-15,17H,8-13H2,1-3H3,(H,22,27). The van der Waals surface area contributed by atoms with E-state index in [1.54, 1.807) is 12.1 Å². The molecule has 3 rings (SSSR count). The van der Waals surface area contributed by atoms with Crippen LogP contribution in [-0.4, -0.2) is 67.8 Å². The lowest BCUT2D eigenvalue weighted by Gasteiger charge is -2.30. The van der Waals surface area contributed by atoms with Crippen LogP contribution >= 0.6 is 0 Å². The third-order valence-electron chi connectivity index (χ3n) is 5.74. The Hall–Kier alpha value is -2.46. The third kappa shape index (κ3) is 5.07. The number of hydrogen-bond acceptors (Lipinski definition) is 6. The fraction of sp³-hybridized carbons (Fsp3) is 0.571. The molecule has 2 aliphatic heterocycles. The van der Waals surface area contributed by atoms with E-state index in [0.717, 1.165) is 10.5 Å². The lowest BCUT2D eigenvalue weighted by Crippen LogP contribution is -2.44. The van der Waals surface area contributed by atoms with Crippen LogP contribution in [0.25, 0.3) is 0 Å². The number of amides is 3. The molecule has 0 aliphatic carbocycles. The monoisotopic (exact) mass is 451 g/mol. The first-order valence-electron chi connectivity index (χ1n) is 10.5. The van der Waals surface area contributed by atoms with Gasteiger partial charge < -0.3 is 10.1 Å². The van der Waals surface area contributed by atoms with Crippen molar-refractivity contribution in [2.75, 3.05) is 26.2 Å². The number of carbonyl (C=O) groups is 3. The fourth-order valence-corrected chi connectivity index (χ4v) is 5.20. The Morgan fingerprint density at radius 3 is 2.19 bits per heavy atom. The second-order valence-corrected chi connectivity index (χ2v) is 10.1. The zero-order chi connectivity index (χ0) is 22.8. The number of esters is 1. The summed E-state index contributed by atoms with van der Waals surface area (Å²) in [5.74, 6) is -1.28. The molecule has 0 aromatic heterocycles. The van der Waals surface area contributed by atoms with Crippen molar-refractivity contribution in [2.45, 2.75) is 50.5 Å². The van der Waals surface area contributed by atoms with Crippen LogP contribution < -0.4 is 5.32 Å². The van der Waals surface area contributed by atoms with Crippen LogP contribution in [0.2, 0.25) is 0 Å². The second-order valence-electron chi connectivity index (χ2n) is 8.20. The maximum Gasteiger partial charge on any atom is 0.324 e. The van der Waals surface area contributed by atoms with Gasteiger partial charge in [0, 0.05) is 26.2 Å². The van der Waals surface area contributed by atoms with E-state index in [1.165, 1.54) is 11.2 Å². The lowest BCUT2D eigenvalue weighted by atomic mass is 9.98. The number of benzene rings is 1. The second kappa shape index (κ2) is 9.35. The first kappa shape index (κ1) is 23.2. The molecule has 2 heterocycles. The van der Waals surface area contributed by atoms with Crippen LogP contribution in [0.3, 0.4) is 0 Å². The number of rotatable bonds is 6. The smallest absolute Gasteiger partial charge is 0.324 e. The average Bonchev–Trinajstić information content (AvgIpc) is 3.19. The highest BCUT2D eigenvalue weighted by atomic mass is 32.2. The summed E-state index contributed by atoms with van der Waals surface area (Å²) in [6.45, 7) is 6.54. The van der Waals surface area contributed by atoms with E-state index in [2.05, 4.69) is 5.32 Å². The maximum absolute atomic E-state index is 12.9. The third-order valence-corrected chi connectivity index (χ3v) is 7.65. The van der Waals surface area contributed by atoms with E-state index in [4.69, 9.17) is 4.74 Å². The predicted molar refractivity (Wildman–Crippen MR) is 113 cm³/mol. The first-order chi connectivity index (χ1) is 14.6. The highest BCUT2D eigenvalue weighted by Gasteiger charge is 2.36. The first-order valence-corrected chi connectivity index (χ1v) is 11.9. The fourth-order valence-electron chi connectivity index (χ4n) is 3.73. The Labute approximate surface area is 182 Å². The number of piperidine rings is 1. The molecule has 2 aliphatic rings. The zero-order valence-corrected chi connectivity index (χ0v) is 18.9. The van der Waals surface area contributed by atoms with Crippen molar-refractivity contribution in [3.63, 3.8) is 0 Å². The minimum atomic E-state index is -3.63. The highest BCUT2D eigenvalue weighted by Crippen LogP contribution is 2.26. The van der Waals surface area contributed by atoms with Gasteiger partial charge in [0.25, 0.3) is 5.91 Å². The van der Waals surface area contributed by atoms with Crippen molar-refractivity contribution in [1.29, 1.82) is 0 Å². The summed E-state index contributed by atoms with van der Waals surface area (Å²) in [5.41, 5.74) is 1.07. The van der Waals surface area contributed by atoms with Gasteiger partial charge in [-0.15, -0.1) is 0 Å². The molecule has 0 spiro atoms. The molecule has 2 fully saturated rings. The summed E-state index contributed by atoms with van der Waals surface area (Å²) >= 11 is 0. The number of carbonyl (C=O) groups excluding carboxylic acids is 3. The van der Waals surface area contributed by atoms with E-state index in [0.29, 0.717) is 25.3 Å². The minimum absolute atomic E-state index is 0.199. The van der Waals surface area contributed by atoms with Crippen LogP contribution in [0.1, 0.15) is 45.1 Å². The molecule has 0 bridgehead atoms. The Bertz CT molecular complexity index is 936. The van der Waals surface area contributed by atoms with Gasteiger partial charge in [-0.1, -0.05) is 26.0 Å². The van der Waals surface area contributed by atoms with Crippen molar-refractivity contribution in [1.82, 2.24) is 14.5 Å². The number of ether oxygens (including phenoxy) is 1.